The Kier molecular flexibility index (Phi) is 5.44. The van der Waals surface area contributed by atoms with Crippen molar-refractivity contribution in [2.45, 2.75) is 51.9 Å². The van der Waals surface area contributed by atoms with E-state index in [9.17, 15) is 4.79 Å². The number of allylic oxidation sites excluding steroid dienone is 1. The van der Waals surface area contributed by atoms with Crippen LogP contribution in [0.4, 0.5) is 0 Å². The van der Waals surface area contributed by atoms with Crippen LogP contribution in [0.25, 0.3) is 0 Å². The van der Waals surface area contributed by atoms with E-state index in [0.29, 0.717) is 6.61 Å². The van der Waals surface area contributed by atoms with Crippen LogP contribution in [0.15, 0.2) is 12.2 Å². The van der Waals surface area contributed by atoms with Gasteiger partial charge in [-0.25, -0.2) is 0 Å². The summed E-state index contributed by atoms with van der Waals surface area (Å²) in [6, 6.07) is 0. The van der Waals surface area contributed by atoms with E-state index in [0.717, 1.165) is 38.5 Å². The van der Waals surface area contributed by atoms with E-state index >= 15 is 0 Å². The summed E-state index contributed by atoms with van der Waals surface area (Å²) in [6.45, 7) is 6.69. The molecular formula is C13H22O2. The Balaban J connectivity index is 2.14. The molecule has 0 saturated heterocycles. The van der Waals surface area contributed by atoms with Crippen molar-refractivity contribution in [3.05, 3.63) is 12.2 Å². The Morgan fingerprint density at radius 3 is 2.67 bits per heavy atom. The van der Waals surface area contributed by atoms with Gasteiger partial charge in [0.15, 0.2) is 0 Å². The molecule has 15 heavy (non-hydrogen) atoms. The standard InChI is InChI=1S/C13H22O2/c1-3-4-5-10-15-13(14)12-8-6-11(2)7-9-12/h12H,2-10H2,1H3. The molecule has 1 aliphatic rings. The fraction of sp³-hybridized carbons (Fsp3) is 0.769. The monoisotopic (exact) mass is 210 g/mol. The van der Waals surface area contributed by atoms with E-state index in [4.69, 9.17) is 4.74 Å². The SMILES string of the molecule is C=C1CCC(C(=O)OCCCCC)CC1. The Bertz CT molecular complexity index is 211. The fourth-order valence-electron chi connectivity index (χ4n) is 1.90. The molecule has 0 radical (unpaired) electrons. The van der Waals surface area contributed by atoms with Gasteiger partial charge in [0.25, 0.3) is 0 Å². The van der Waals surface area contributed by atoms with Crippen molar-refractivity contribution in [2.75, 3.05) is 6.61 Å². The molecule has 0 aromatic carbocycles. The third kappa shape index (κ3) is 4.50. The minimum Gasteiger partial charge on any atom is -0.465 e. The highest BCUT2D eigenvalue weighted by atomic mass is 16.5. The van der Waals surface area contributed by atoms with Crippen molar-refractivity contribution in [3.8, 4) is 0 Å². The summed E-state index contributed by atoms with van der Waals surface area (Å²) in [7, 11) is 0. The van der Waals surface area contributed by atoms with Crippen LogP contribution in [0.2, 0.25) is 0 Å². The van der Waals surface area contributed by atoms with E-state index in [2.05, 4.69) is 13.5 Å². The first-order valence-electron chi connectivity index (χ1n) is 6.07. The average Bonchev–Trinajstić information content (AvgIpc) is 2.25. The summed E-state index contributed by atoms with van der Waals surface area (Å²) in [5, 5.41) is 0. The van der Waals surface area contributed by atoms with Gasteiger partial charge in [0.2, 0.25) is 0 Å². The highest BCUT2D eigenvalue weighted by Crippen LogP contribution is 2.27. The lowest BCUT2D eigenvalue weighted by Crippen LogP contribution is -2.21. The minimum atomic E-state index is 0.0126. The van der Waals surface area contributed by atoms with E-state index in [1.54, 1.807) is 0 Å². The van der Waals surface area contributed by atoms with Crippen molar-refractivity contribution in [1.29, 1.82) is 0 Å². The van der Waals surface area contributed by atoms with E-state index in [1.165, 1.54) is 12.0 Å². The predicted molar refractivity (Wildman–Crippen MR) is 61.6 cm³/mol. The van der Waals surface area contributed by atoms with Crippen molar-refractivity contribution < 1.29 is 9.53 Å². The molecule has 0 aromatic heterocycles. The van der Waals surface area contributed by atoms with Crippen LogP contribution < -0.4 is 0 Å². The van der Waals surface area contributed by atoms with Gasteiger partial charge in [-0.1, -0.05) is 31.9 Å². The highest BCUT2D eigenvalue weighted by molar-refractivity contribution is 5.72. The van der Waals surface area contributed by atoms with Gasteiger partial charge in [0.1, 0.15) is 0 Å². The quantitative estimate of drug-likeness (QED) is 0.394. The van der Waals surface area contributed by atoms with E-state index < -0.39 is 0 Å². The number of hydrogen-bond donors (Lipinski definition) is 0. The average molecular weight is 210 g/mol. The first-order chi connectivity index (χ1) is 7.24. The summed E-state index contributed by atoms with van der Waals surface area (Å²) in [5.74, 6) is 0.149. The molecule has 0 heterocycles. The maximum absolute atomic E-state index is 11.6. The minimum absolute atomic E-state index is 0.0126. The third-order valence-electron chi connectivity index (χ3n) is 3.02. The van der Waals surface area contributed by atoms with Gasteiger partial charge in [-0.15, -0.1) is 0 Å². The zero-order chi connectivity index (χ0) is 11.1. The Morgan fingerprint density at radius 1 is 1.40 bits per heavy atom. The van der Waals surface area contributed by atoms with Crippen LogP contribution in [0.1, 0.15) is 51.9 Å². The highest BCUT2D eigenvalue weighted by Gasteiger charge is 2.23. The van der Waals surface area contributed by atoms with Gasteiger partial charge >= 0.3 is 5.97 Å². The first-order valence-corrected chi connectivity index (χ1v) is 6.07. The van der Waals surface area contributed by atoms with Gasteiger partial charge in [-0.3, -0.25) is 4.79 Å². The summed E-state index contributed by atoms with van der Waals surface area (Å²) in [6.07, 6.45) is 7.18. The third-order valence-corrected chi connectivity index (χ3v) is 3.02. The molecule has 1 fully saturated rings. The molecule has 1 aliphatic carbocycles. The molecule has 0 amide bonds. The maximum Gasteiger partial charge on any atom is 0.308 e. The molecule has 2 heteroatoms. The van der Waals surface area contributed by atoms with Crippen molar-refractivity contribution in [1.82, 2.24) is 0 Å². The maximum atomic E-state index is 11.6. The van der Waals surface area contributed by atoms with Crippen LogP contribution in [-0.2, 0) is 9.53 Å². The second kappa shape index (κ2) is 6.65. The largest absolute Gasteiger partial charge is 0.465 e. The van der Waals surface area contributed by atoms with Gasteiger partial charge in [-0.05, 0) is 32.1 Å². The molecule has 1 saturated carbocycles. The zero-order valence-electron chi connectivity index (χ0n) is 9.76. The summed E-state index contributed by atoms with van der Waals surface area (Å²) in [5.41, 5.74) is 1.28. The van der Waals surface area contributed by atoms with Crippen molar-refractivity contribution >= 4 is 5.97 Å². The normalized spacial score (nSPS) is 17.8. The number of esters is 1. The number of carbonyl (C=O) groups is 1. The molecular weight excluding hydrogens is 188 g/mol. The van der Waals surface area contributed by atoms with Crippen molar-refractivity contribution in [2.24, 2.45) is 5.92 Å². The Labute approximate surface area is 92.7 Å². The molecule has 0 aromatic rings. The summed E-state index contributed by atoms with van der Waals surface area (Å²) >= 11 is 0. The van der Waals surface area contributed by atoms with Gasteiger partial charge in [0, 0.05) is 0 Å². The molecule has 0 atom stereocenters. The lowest BCUT2D eigenvalue weighted by Gasteiger charge is -2.21. The lowest BCUT2D eigenvalue weighted by atomic mass is 9.87. The van der Waals surface area contributed by atoms with Gasteiger partial charge < -0.3 is 4.74 Å². The summed E-state index contributed by atoms with van der Waals surface area (Å²) < 4.78 is 5.25. The predicted octanol–water partition coefficient (Wildman–Crippen LogP) is 3.47. The molecule has 86 valence electrons. The molecule has 0 unspecified atom stereocenters. The molecule has 0 N–H and O–H groups in total. The number of unbranched alkanes of at least 4 members (excludes halogenated alkanes) is 2. The Hall–Kier alpha value is -0.790. The first kappa shape index (κ1) is 12.3. The number of hydrogen-bond acceptors (Lipinski definition) is 2. The molecule has 0 spiro atoms. The van der Waals surface area contributed by atoms with Gasteiger partial charge in [0.05, 0.1) is 12.5 Å². The van der Waals surface area contributed by atoms with Crippen LogP contribution in [-0.4, -0.2) is 12.6 Å². The number of rotatable bonds is 5. The number of ether oxygens (including phenoxy) is 1. The lowest BCUT2D eigenvalue weighted by molar-refractivity contribution is -0.149. The van der Waals surface area contributed by atoms with E-state index in [-0.39, 0.29) is 11.9 Å². The van der Waals surface area contributed by atoms with Crippen LogP contribution in [0.5, 0.6) is 0 Å². The molecule has 2 nitrogen and oxygen atoms in total. The van der Waals surface area contributed by atoms with Crippen LogP contribution >= 0.6 is 0 Å². The molecule has 1 rings (SSSR count). The summed E-state index contributed by atoms with van der Waals surface area (Å²) in [4.78, 5) is 11.6. The van der Waals surface area contributed by atoms with Crippen LogP contribution in [0.3, 0.4) is 0 Å². The van der Waals surface area contributed by atoms with E-state index in [1.807, 2.05) is 0 Å². The number of carbonyl (C=O) groups excluding carboxylic acids is 1. The van der Waals surface area contributed by atoms with Crippen molar-refractivity contribution in [3.63, 3.8) is 0 Å². The second-order valence-corrected chi connectivity index (χ2v) is 4.40. The topological polar surface area (TPSA) is 26.3 Å². The second-order valence-electron chi connectivity index (χ2n) is 4.40. The Morgan fingerprint density at radius 2 is 2.07 bits per heavy atom. The smallest absolute Gasteiger partial charge is 0.308 e. The van der Waals surface area contributed by atoms with Crippen LogP contribution in [0, 0.1) is 5.92 Å². The fourth-order valence-corrected chi connectivity index (χ4v) is 1.90. The molecule has 0 aliphatic heterocycles. The molecule has 0 bridgehead atoms. The van der Waals surface area contributed by atoms with Gasteiger partial charge in [-0.2, -0.15) is 0 Å². The zero-order valence-corrected chi connectivity index (χ0v) is 9.76.